The van der Waals surface area contributed by atoms with Gasteiger partial charge in [-0.15, -0.1) is 0 Å². The molecule has 1 aromatic rings. The molecule has 1 N–H and O–H groups in total. The molecule has 2 aliphatic heterocycles. The number of aliphatic hydroxyl groups excluding tert-OH is 1. The van der Waals surface area contributed by atoms with Gasteiger partial charge in [0.05, 0.1) is 0 Å². The Kier molecular flexibility index (Phi) is 11.7. The van der Waals surface area contributed by atoms with Gasteiger partial charge in [-0.2, -0.15) is 0 Å². The van der Waals surface area contributed by atoms with Gasteiger partial charge in [0.1, 0.15) is 0 Å². The molecule has 0 aliphatic carbocycles. The third-order valence-electron chi connectivity index (χ3n) is 6.87. The fraction of sp³-hybridized carbons (Fsp3) is 0.786. The molecule has 0 aromatic heterocycles. The maximum atomic E-state index is 11.1. The van der Waals surface area contributed by atoms with Crippen molar-refractivity contribution in [3.63, 3.8) is 0 Å². The third kappa shape index (κ3) is 9.28. The average molecular weight is 526 g/mol. The molecular weight excluding hydrogens is 479 g/mol. The zero-order valence-electron chi connectivity index (χ0n) is 21.0. The van der Waals surface area contributed by atoms with E-state index >= 15 is 0 Å². The van der Waals surface area contributed by atoms with Crippen molar-refractivity contribution >= 4 is 19.4 Å². The fourth-order valence-electron chi connectivity index (χ4n) is 4.98. The first kappa shape index (κ1) is 27.2. The molecule has 2 fully saturated rings. The number of ether oxygens (including phenoxy) is 3. The Labute approximate surface area is 208 Å². The molecule has 4 nitrogen and oxygen atoms in total. The van der Waals surface area contributed by atoms with Crippen molar-refractivity contribution in [1.82, 2.24) is 0 Å². The second kappa shape index (κ2) is 14.2. The maximum absolute atomic E-state index is 11.1. The molecule has 5 heteroatoms. The summed E-state index contributed by atoms with van der Waals surface area (Å²) in [5, 5.41) is 11.1. The Morgan fingerprint density at radius 2 is 1.58 bits per heavy atom. The number of hydrogen-bond donors (Lipinski definition) is 1. The van der Waals surface area contributed by atoms with Gasteiger partial charge in [-0.25, -0.2) is 0 Å². The summed E-state index contributed by atoms with van der Waals surface area (Å²) in [6.45, 7) is 6.77. The molecule has 0 amide bonds. The third-order valence-corrected chi connectivity index (χ3v) is 9.62. The molecule has 188 valence electrons. The quantitative estimate of drug-likeness (QED) is 0.233. The Bertz CT molecular complexity index is 653. The predicted molar refractivity (Wildman–Crippen MR) is 136 cm³/mol. The van der Waals surface area contributed by atoms with Crippen molar-refractivity contribution in [1.29, 1.82) is 0 Å². The van der Waals surface area contributed by atoms with E-state index in [-0.39, 0.29) is 33.3 Å². The summed E-state index contributed by atoms with van der Waals surface area (Å²) < 4.78 is 19.8. The minimum absolute atomic E-state index is 0.00900. The van der Waals surface area contributed by atoms with Gasteiger partial charge in [0.2, 0.25) is 0 Å². The first-order valence-electron chi connectivity index (χ1n) is 13.4. The fourth-order valence-corrected chi connectivity index (χ4v) is 7.77. The number of rotatable bonds is 15. The normalized spacial score (nSPS) is 27.8. The van der Waals surface area contributed by atoms with Gasteiger partial charge in [0.15, 0.2) is 0 Å². The van der Waals surface area contributed by atoms with Crippen LogP contribution in [0.5, 0.6) is 0 Å². The molecule has 1 aromatic carbocycles. The van der Waals surface area contributed by atoms with E-state index in [1.165, 1.54) is 62.2 Å². The molecule has 5 atom stereocenters. The Hall–Kier alpha value is -0.421. The topological polar surface area (TPSA) is 47.9 Å². The first-order chi connectivity index (χ1) is 16.0. The van der Waals surface area contributed by atoms with Gasteiger partial charge in [0.25, 0.3) is 0 Å². The first-order valence-corrected chi connectivity index (χ1v) is 15.2. The monoisotopic (exact) mass is 526 g/mol. The van der Waals surface area contributed by atoms with Crippen molar-refractivity contribution in [2.45, 2.75) is 133 Å². The van der Waals surface area contributed by atoms with Crippen LogP contribution in [0.2, 0.25) is 4.82 Å². The number of hydrogen-bond acceptors (Lipinski definition) is 4. The van der Waals surface area contributed by atoms with E-state index in [1.807, 2.05) is 13.8 Å². The molecule has 0 saturated carbocycles. The van der Waals surface area contributed by atoms with Crippen molar-refractivity contribution in [3.05, 3.63) is 30.3 Å². The van der Waals surface area contributed by atoms with Gasteiger partial charge in [-0.3, -0.25) is 0 Å². The van der Waals surface area contributed by atoms with Gasteiger partial charge in [-0.1, -0.05) is 19.8 Å². The number of unbranched alkanes of at least 4 members (excludes halogenated alkanes) is 9. The zero-order valence-corrected chi connectivity index (χ0v) is 22.8. The van der Waals surface area contributed by atoms with Crippen LogP contribution in [0.3, 0.4) is 0 Å². The molecule has 0 spiro atoms. The molecule has 0 unspecified atom stereocenters. The van der Waals surface area contributed by atoms with Crippen molar-refractivity contribution in [2.24, 2.45) is 0 Å². The Balaban J connectivity index is 1.43. The van der Waals surface area contributed by atoms with E-state index in [1.54, 1.807) is 0 Å². The van der Waals surface area contributed by atoms with E-state index in [0.717, 1.165) is 19.3 Å². The second-order valence-corrected chi connectivity index (χ2v) is 13.0. The predicted octanol–water partition coefficient (Wildman–Crippen LogP) is 5.79. The van der Waals surface area contributed by atoms with Gasteiger partial charge >= 0.3 is 189 Å². The van der Waals surface area contributed by atoms with Crippen LogP contribution in [0.15, 0.2) is 30.3 Å². The Morgan fingerprint density at radius 3 is 2.18 bits per heavy atom. The summed E-state index contributed by atoms with van der Waals surface area (Å²) in [6, 6.07) is 10.7. The summed E-state index contributed by atoms with van der Waals surface area (Å²) in [7, 11) is 0. The van der Waals surface area contributed by atoms with Crippen LogP contribution in [-0.4, -0.2) is 56.9 Å². The summed E-state index contributed by atoms with van der Waals surface area (Å²) in [4.78, 5) is 0.371. The molecule has 0 radical (unpaired) electrons. The van der Waals surface area contributed by atoms with Gasteiger partial charge < -0.3 is 0 Å². The molecule has 33 heavy (non-hydrogen) atoms. The van der Waals surface area contributed by atoms with E-state index in [2.05, 4.69) is 37.3 Å². The van der Waals surface area contributed by atoms with E-state index < -0.39 is 11.9 Å². The van der Waals surface area contributed by atoms with Crippen LogP contribution >= 0.6 is 0 Å². The summed E-state index contributed by atoms with van der Waals surface area (Å²) in [5.74, 6) is -0.541. The van der Waals surface area contributed by atoms with Crippen LogP contribution in [0.4, 0.5) is 0 Å². The second-order valence-electron chi connectivity index (χ2n) is 10.2. The summed E-state index contributed by atoms with van der Waals surface area (Å²) >= 11 is 0.272. The molecule has 3 rings (SSSR count). The minimum atomic E-state index is -0.541. The molecule has 0 bridgehead atoms. The van der Waals surface area contributed by atoms with Crippen molar-refractivity contribution < 1.29 is 19.3 Å². The molecule has 2 heterocycles. The standard InChI is InChI=1S/C28H46O4Se/c1-4-5-6-7-8-9-10-11-12-16-19-23(29)27-26(33-22-17-14-13-15-18-22)20-24(31-27)25-21-30-28(2,3)32-25/h13-15,17-18,23-27,29H,4-12,16,19-21H2,1-3H3/t23-,24+,25+,26+,27-/m0/s1. The van der Waals surface area contributed by atoms with Crippen LogP contribution in [0.25, 0.3) is 0 Å². The van der Waals surface area contributed by atoms with Crippen molar-refractivity contribution in [3.8, 4) is 0 Å². The van der Waals surface area contributed by atoms with E-state index in [4.69, 9.17) is 14.2 Å². The number of benzene rings is 1. The van der Waals surface area contributed by atoms with Crippen LogP contribution < -0.4 is 4.46 Å². The van der Waals surface area contributed by atoms with E-state index in [0.29, 0.717) is 11.4 Å². The van der Waals surface area contributed by atoms with Crippen LogP contribution in [0.1, 0.15) is 97.8 Å². The van der Waals surface area contributed by atoms with Crippen LogP contribution in [-0.2, 0) is 14.2 Å². The average Bonchev–Trinajstić information content (AvgIpc) is 3.38. The Morgan fingerprint density at radius 1 is 0.939 bits per heavy atom. The number of aliphatic hydroxyl groups is 1. The van der Waals surface area contributed by atoms with E-state index in [9.17, 15) is 5.11 Å². The van der Waals surface area contributed by atoms with Crippen LogP contribution in [0, 0.1) is 0 Å². The summed E-state index contributed by atoms with van der Waals surface area (Å²) in [6.07, 6.45) is 14.4. The SMILES string of the molecule is CCCCCCCCCCCC[C@H](O)[C@@H]1O[C@@H]([C@H]2COC(C)(C)O2)C[C@H]1[Se]c1ccccc1. The van der Waals surface area contributed by atoms with Gasteiger partial charge in [-0.05, 0) is 0 Å². The zero-order chi connectivity index (χ0) is 23.5. The molecular formula is C28H46O4Se. The summed E-state index contributed by atoms with van der Waals surface area (Å²) in [5.41, 5.74) is 0. The van der Waals surface area contributed by atoms with Crippen molar-refractivity contribution in [2.75, 3.05) is 6.61 Å². The van der Waals surface area contributed by atoms with Gasteiger partial charge in [0, 0.05) is 0 Å². The molecule has 2 aliphatic rings. The molecule has 2 saturated heterocycles.